The first-order valence-corrected chi connectivity index (χ1v) is 6.43. The Morgan fingerprint density at radius 1 is 1.71 bits per heavy atom. The molecule has 14 heavy (non-hydrogen) atoms. The summed E-state index contributed by atoms with van der Waals surface area (Å²) < 4.78 is 0.920. The maximum atomic E-state index is 8.85. The van der Waals surface area contributed by atoms with E-state index in [1.165, 1.54) is 6.42 Å². The zero-order chi connectivity index (χ0) is 9.97. The lowest BCUT2D eigenvalue weighted by molar-refractivity contribution is 0.263. The van der Waals surface area contributed by atoms with Crippen LogP contribution in [0.4, 0.5) is 5.13 Å². The Kier molecular flexibility index (Phi) is 3.41. The number of aliphatic hydroxyl groups is 1. The number of nitrogens with zero attached hydrogens (tertiary/aromatic N) is 2. The van der Waals surface area contributed by atoms with Crippen molar-refractivity contribution in [3.05, 3.63) is 9.98 Å². The third-order valence-electron chi connectivity index (χ3n) is 2.56. The van der Waals surface area contributed by atoms with Crippen molar-refractivity contribution in [2.75, 3.05) is 24.6 Å². The summed E-state index contributed by atoms with van der Waals surface area (Å²) in [4.78, 5) is 6.69. The van der Waals surface area contributed by atoms with Crippen LogP contribution in [-0.4, -0.2) is 29.8 Å². The summed E-state index contributed by atoms with van der Waals surface area (Å²) in [5.74, 6) is 0.641. The van der Waals surface area contributed by atoms with Crippen LogP contribution in [-0.2, 0) is 0 Å². The second-order valence-electron chi connectivity index (χ2n) is 3.57. The minimum absolute atomic E-state index is 0.306. The quantitative estimate of drug-likeness (QED) is 0.919. The van der Waals surface area contributed by atoms with Crippen LogP contribution in [0.15, 0.2) is 9.98 Å². The fourth-order valence-electron chi connectivity index (χ4n) is 1.82. The van der Waals surface area contributed by atoms with Gasteiger partial charge in [-0.3, -0.25) is 0 Å². The number of rotatable bonds is 3. The summed E-state index contributed by atoms with van der Waals surface area (Å²) in [5.41, 5.74) is 0. The summed E-state index contributed by atoms with van der Waals surface area (Å²) in [5, 5.41) is 12.0. The zero-order valence-electron chi connectivity index (χ0n) is 7.82. The van der Waals surface area contributed by atoms with Crippen molar-refractivity contribution in [1.82, 2.24) is 4.98 Å². The minimum Gasteiger partial charge on any atom is -0.396 e. The van der Waals surface area contributed by atoms with E-state index in [0.717, 1.165) is 29.2 Å². The van der Waals surface area contributed by atoms with Crippen LogP contribution in [0.3, 0.4) is 0 Å². The van der Waals surface area contributed by atoms with E-state index < -0.39 is 0 Å². The number of aromatic nitrogens is 1. The summed E-state index contributed by atoms with van der Waals surface area (Å²) in [7, 11) is 0. The Balaban J connectivity index is 1.95. The van der Waals surface area contributed by atoms with Gasteiger partial charge in [0.05, 0.1) is 0 Å². The van der Waals surface area contributed by atoms with E-state index in [4.69, 9.17) is 5.11 Å². The van der Waals surface area contributed by atoms with Crippen LogP contribution in [0.1, 0.15) is 12.8 Å². The van der Waals surface area contributed by atoms with Gasteiger partial charge in [0.15, 0.2) is 5.13 Å². The monoisotopic (exact) mass is 276 g/mol. The molecule has 1 N–H and O–H groups in total. The zero-order valence-corrected chi connectivity index (χ0v) is 10.2. The Morgan fingerprint density at radius 2 is 2.57 bits per heavy atom. The maximum absolute atomic E-state index is 8.85. The lowest BCUT2D eigenvalue weighted by atomic mass is 10.1. The molecule has 78 valence electrons. The lowest BCUT2D eigenvalue weighted by Crippen LogP contribution is -2.19. The van der Waals surface area contributed by atoms with Crippen molar-refractivity contribution in [2.24, 2.45) is 5.92 Å². The number of aliphatic hydroxyl groups excluding tert-OH is 1. The number of anilines is 1. The van der Waals surface area contributed by atoms with Crippen LogP contribution in [0.2, 0.25) is 0 Å². The lowest BCUT2D eigenvalue weighted by Gasteiger charge is -2.14. The number of thiazole rings is 1. The van der Waals surface area contributed by atoms with Crippen molar-refractivity contribution in [3.63, 3.8) is 0 Å². The summed E-state index contributed by atoms with van der Waals surface area (Å²) >= 11 is 5.03. The van der Waals surface area contributed by atoms with Crippen LogP contribution >= 0.6 is 27.3 Å². The highest BCUT2D eigenvalue weighted by atomic mass is 79.9. The van der Waals surface area contributed by atoms with Gasteiger partial charge >= 0.3 is 0 Å². The molecular weight excluding hydrogens is 264 g/mol. The molecule has 1 aliphatic heterocycles. The van der Waals surface area contributed by atoms with E-state index in [-0.39, 0.29) is 0 Å². The van der Waals surface area contributed by atoms with Gasteiger partial charge in [-0.2, -0.15) is 0 Å². The molecule has 2 heterocycles. The first-order chi connectivity index (χ1) is 6.79. The van der Waals surface area contributed by atoms with Crippen molar-refractivity contribution in [1.29, 1.82) is 0 Å². The van der Waals surface area contributed by atoms with Crippen molar-refractivity contribution >= 4 is 32.4 Å². The maximum Gasteiger partial charge on any atom is 0.186 e. The highest BCUT2D eigenvalue weighted by Crippen LogP contribution is 2.29. The molecule has 0 aromatic carbocycles. The molecule has 0 amide bonds. The highest BCUT2D eigenvalue weighted by molar-refractivity contribution is 9.10. The average molecular weight is 277 g/mol. The van der Waals surface area contributed by atoms with Gasteiger partial charge in [-0.1, -0.05) is 0 Å². The Bertz CT molecular complexity index is 305. The molecule has 0 spiro atoms. The minimum atomic E-state index is 0.306. The van der Waals surface area contributed by atoms with E-state index in [1.807, 2.05) is 5.38 Å². The Labute approximate surface area is 95.9 Å². The van der Waals surface area contributed by atoms with E-state index in [0.29, 0.717) is 12.5 Å². The molecule has 1 atom stereocenters. The van der Waals surface area contributed by atoms with Gasteiger partial charge in [-0.25, -0.2) is 4.98 Å². The second-order valence-corrected chi connectivity index (χ2v) is 5.21. The predicted octanol–water partition coefficient (Wildman–Crippen LogP) is 2.11. The van der Waals surface area contributed by atoms with Crippen LogP contribution in [0.25, 0.3) is 0 Å². The molecule has 0 radical (unpaired) electrons. The van der Waals surface area contributed by atoms with Crippen molar-refractivity contribution in [3.8, 4) is 0 Å². The van der Waals surface area contributed by atoms with Gasteiger partial charge in [-0.05, 0) is 34.7 Å². The summed E-state index contributed by atoms with van der Waals surface area (Å²) in [6.07, 6.45) is 2.10. The van der Waals surface area contributed by atoms with E-state index >= 15 is 0 Å². The second kappa shape index (κ2) is 4.59. The largest absolute Gasteiger partial charge is 0.396 e. The molecule has 0 saturated carbocycles. The molecule has 1 unspecified atom stereocenters. The third-order valence-corrected chi connectivity index (χ3v) is 4.17. The van der Waals surface area contributed by atoms with Gasteiger partial charge in [0.25, 0.3) is 0 Å². The first-order valence-electron chi connectivity index (χ1n) is 4.76. The molecule has 1 saturated heterocycles. The highest BCUT2D eigenvalue weighted by Gasteiger charge is 2.23. The van der Waals surface area contributed by atoms with Crippen LogP contribution in [0.5, 0.6) is 0 Å². The fraction of sp³-hybridized carbons (Fsp3) is 0.667. The number of hydrogen-bond donors (Lipinski definition) is 1. The number of hydrogen-bond acceptors (Lipinski definition) is 4. The van der Waals surface area contributed by atoms with E-state index in [1.54, 1.807) is 11.3 Å². The molecule has 1 aromatic rings. The van der Waals surface area contributed by atoms with Crippen LogP contribution in [0, 0.1) is 5.92 Å². The molecule has 1 aromatic heterocycles. The molecular formula is C9H13BrN2OS. The number of halogens is 1. The standard InChI is InChI=1S/C9H13BrN2OS/c10-8-6-14-9(11-8)12-3-1-7(5-12)2-4-13/h6-7,13H,1-5H2. The normalized spacial score (nSPS) is 21.9. The van der Waals surface area contributed by atoms with Crippen LogP contribution < -0.4 is 4.90 Å². The van der Waals surface area contributed by atoms with Crippen molar-refractivity contribution < 1.29 is 5.11 Å². The van der Waals surface area contributed by atoms with Crippen molar-refractivity contribution in [2.45, 2.75) is 12.8 Å². The molecule has 0 aliphatic carbocycles. The molecule has 0 bridgehead atoms. The summed E-state index contributed by atoms with van der Waals surface area (Å²) in [6.45, 7) is 2.42. The van der Waals surface area contributed by atoms with Gasteiger partial charge in [0.2, 0.25) is 0 Å². The molecule has 1 fully saturated rings. The topological polar surface area (TPSA) is 36.4 Å². The van der Waals surface area contributed by atoms with E-state index in [9.17, 15) is 0 Å². The summed E-state index contributed by atoms with van der Waals surface area (Å²) in [6, 6.07) is 0. The van der Waals surface area contributed by atoms with Gasteiger partial charge in [0.1, 0.15) is 4.60 Å². The molecule has 3 nitrogen and oxygen atoms in total. The molecule has 5 heteroatoms. The Morgan fingerprint density at radius 3 is 3.21 bits per heavy atom. The average Bonchev–Trinajstić information content (AvgIpc) is 2.74. The molecule has 2 rings (SSSR count). The first kappa shape index (κ1) is 10.4. The SMILES string of the molecule is OCCC1CCN(c2nc(Br)cs2)C1. The smallest absolute Gasteiger partial charge is 0.186 e. The van der Waals surface area contributed by atoms with Gasteiger partial charge < -0.3 is 10.0 Å². The predicted molar refractivity (Wildman–Crippen MR) is 61.8 cm³/mol. The van der Waals surface area contributed by atoms with Gasteiger partial charge in [0, 0.05) is 25.1 Å². The van der Waals surface area contributed by atoms with Gasteiger partial charge in [-0.15, -0.1) is 11.3 Å². The molecule has 1 aliphatic rings. The van der Waals surface area contributed by atoms with E-state index in [2.05, 4.69) is 25.8 Å². The third kappa shape index (κ3) is 2.27. The fourth-order valence-corrected chi connectivity index (χ4v) is 3.10. The Hall–Kier alpha value is -0.130.